The summed E-state index contributed by atoms with van der Waals surface area (Å²) >= 11 is 1.32. The minimum atomic E-state index is -3.76. The number of carbonyl (C=O) groups excluding carboxylic acids is 1. The van der Waals surface area contributed by atoms with E-state index in [0.717, 1.165) is 4.31 Å². The van der Waals surface area contributed by atoms with Crippen LogP contribution in [0.4, 0.5) is 5.69 Å². The lowest BCUT2D eigenvalue weighted by Gasteiger charge is -2.18. The maximum absolute atomic E-state index is 12.6. The molecular formula is C13H15N3O4S2. The minimum Gasteiger partial charge on any atom is -0.288 e. The molecule has 1 amide bonds. The standard InChI is InChI=1S/C13H15N3O4S2/c1-8-13(14-9(2)21-8)22(19,20)16(3)11-6-4-10(5-7-11)12(17)15-18/h4-7,18H,1-3H3,(H,15,17). The van der Waals surface area contributed by atoms with Crippen LogP contribution in [0.5, 0.6) is 0 Å². The van der Waals surface area contributed by atoms with Crippen LogP contribution in [0.25, 0.3) is 0 Å². The highest BCUT2D eigenvalue weighted by Crippen LogP contribution is 2.27. The molecule has 0 aliphatic heterocycles. The number of aryl methyl sites for hydroxylation is 2. The van der Waals surface area contributed by atoms with Gasteiger partial charge in [-0.25, -0.2) is 10.5 Å². The van der Waals surface area contributed by atoms with Gasteiger partial charge in [0.15, 0.2) is 5.03 Å². The molecule has 0 aliphatic carbocycles. The molecule has 1 heterocycles. The number of hydrogen-bond donors (Lipinski definition) is 2. The van der Waals surface area contributed by atoms with Crippen molar-refractivity contribution in [2.24, 2.45) is 0 Å². The molecular weight excluding hydrogens is 326 g/mol. The minimum absolute atomic E-state index is 0.0367. The summed E-state index contributed by atoms with van der Waals surface area (Å²) in [5.41, 5.74) is 2.13. The van der Waals surface area contributed by atoms with Crippen molar-refractivity contribution in [3.8, 4) is 0 Å². The molecule has 0 saturated heterocycles. The average molecular weight is 341 g/mol. The zero-order chi connectivity index (χ0) is 16.5. The third kappa shape index (κ3) is 2.96. The lowest BCUT2D eigenvalue weighted by molar-refractivity contribution is 0.0706. The average Bonchev–Trinajstić information content (AvgIpc) is 2.85. The SMILES string of the molecule is Cc1nc(S(=O)(=O)N(C)c2ccc(C(=O)NO)cc2)c(C)s1. The first-order valence-corrected chi connectivity index (χ1v) is 8.50. The van der Waals surface area contributed by atoms with Gasteiger partial charge in [0, 0.05) is 17.5 Å². The third-order valence-electron chi connectivity index (χ3n) is 3.06. The van der Waals surface area contributed by atoms with E-state index in [1.807, 2.05) is 0 Å². The summed E-state index contributed by atoms with van der Waals surface area (Å²) in [4.78, 5) is 16.0. The lowest BCUT2D eigenvalue weighted by atomic mass is 10.2. The summed E-state index contributed by atoms with van der Waals surface area (Å²) in [5, 5.41) is 9.28. The van der Waals surface area contributed by atoms with Gasteiger partial charge < -0.3 is 0 Å². The number of thiazole rings is 1. The number of carbonyl (C=O) groups is 1. The fourth-order valence-corrected chi connectivity index (χ4v) is 4.39. The van der Waals surface area contributed by atoms with E-state index in [4.69, 9.17) is 5.21 Å². The smallest absolute Gasteiger partial charge is 0.282 e. The monoisotopic (exact) mass is 341 g/mol. The molecule has 0 aliphatic rings. The summed E-state index contributed by atoms with van der Waals surface area (Å²) in [6, 6.07) is 5.81. The summed E-state index contributed by atoms with van der Waals surface area (Å²) in [6.07, 6.45) is 0. The Morgan fingerprint density at radius 1 is 1.27 bits per heavy atom. The summed E-state index contributed by atoms with van der Waals surface area (Å²) in [6.45, 7) is 3.46. The van der Waals surface area contributed by atoms with Crippen LogP contribution >= 0.6 is 11.3 Å². The Bertz CT molecular complexity index is 797. The van der Waals surface area contributed by atoms with Crippen LogP contribution < -0.4 is 9.79 Å². The number of rotatable bonds is 4. The maximum atomic E-state index is 12.6. The number of amides is 1. The summed E-state index contributed by atoms with van der Waals surface area (Å²) in [7, 11) is -2.34. The molecule has 1 aromatic heterocycles. The van der Waals surface area contributed by atoms with E-state index in [-0.39, 0.29) is 10.6 Å². The Labute approximate surface area is 132 Å². The van der Waals surface area contributed by atoms with Crippen molar-refractivity contribution in [2.45, 2.75) is 18.9 Å². The fraction of sp³-hybridized carbons (Fsp3) is 0.231. The molecule has 0 saturated carbocycles. The van der Waals surface area contributed by atoms with Crippen LogP contribution in [0.1, 0.15) is 20.2 Å². The van der Waals surface area contributed by atoms with E-state index < -0.39 is 15.9 Å². The second-order valence-electron chi connectivity index (χ2n) is 4.55. The number of benzene rings is 1. The molecule has 0 atom stereocenters. The number of hydrogen-bond acceptors (Lipinski definition) is 6. The molecule has 9 heteroatoms. The van der Waals surface area contributed by atoms with E-state index in [2.05, 4.69) is 4.98 Å². The van der Waals surface area contributed by atoms with Gasteiger partial charge in [-0.05, 0) is 38.1 Å². The van der Waals surface area contributed by atoms with Crippen LogP contribution in [0, 0.1) is 13.8 Å². The highest BCUT2D eigenvalue weighted by molar-refractivity contribution is 7.92. The molecule has 2 rings (SSSR count). The Morgan fingerprint density at radius 3 is 2.32 bits per heavy atom. The van der Waals surface area contributed by atoms with E-state index in [1.165, 1.54) is 48.1 Å². The predicted octanol–water partition coefficient (Wildman–Crippen LogP) is 1.70. The number of nitrogens with one attached hydrogen (secondary N) is 1. The molecule has 0 fully saturated rings. The topological polar surface area (TPSA) is 99.6 Å². The molecule has 2 N–H and O–H groups in total. The number of anilines is 1. The van der Waals surface area contributed by atoms with Crippen molar-refractivity contribution in [1.29, 1.82) is 0 Å². The van der Waals surface area contributed by atoms with Crippen LogP contribution in [-0.2, 0) is 10.0 Å². The van der Waals surface area contributed by atoms with Crippen molar-refractivity contribution in [2.75, 3.05) is 11.4 Å². The first-order valence-electron chi connectivity index (χ1n) is 6.25. The second-order valence-corrected chi connectivity index (χ2v) is 7.85. The molecule has 0 bridgehead atoms. The zero-order valence-corrected chi connectivity index (χ0v) is 13.8. The van der Waals surface area contributed by atoms with Gasteiger partial charge in [0.05, 0.1) is 10.7 Å². The Morgan fingerprint density at radius 2 is 1.86 bits per heavy atom. The third-order valence-corrected chi connectivity index (χ3v) is 5.89. The molecule has 0 unspecified atom stereocenters. The highest BCUT2D eigenvalue weighted by atomic mass is 32.2. The largest absolute Gasteiger partial charge is 0.288 e. The first-order chi connectivity index (χ1) is 10.3. The van der Waals surface area contributed by atoms with Crippen LogP contribution in [0.2, 0.25) is 0 Å². The first kappa shape index (κ1) is 16.4. The van der Waals surface area contributed by atoms with Crippen LogP contribution in [0.3, 0.4) is 0 Å². The molecule has 22 heavy (non-hydrogen) atoms. The summed E-state index contributed by atoms with van der Waals surface area (Å²) < 4.78 is 26.3. The fourth-order valence-electron chi connectivity index (χ4n) is 1.90. The van der Waals surface area contributed by atoms with Crippen molar-refractivity contribution in [3.05, 3.63) is 39.7 Å². The van der Waals surface area contributed by atoms with Crippen molar-refractivity contribution in [1.82, 2.24) is 10.5 Å². The van der Waals surface area contributed by atoms with Gasteiger partial charge in [0.2, 0.25) is 0 Å². The van der Waals surface area contributed by atoms with Crippen molar-refractivity contribution in [3.63, 3.8) is 0 Å². The molecule has 0 radical (unpaired) electrons. The highest BCUT2D eigenvalue weighted by Gasteiger charge is 2.26. The maximum Gasteiger partial charge on any atom is 0.282 e. The second kappa shape index (κ2) is 6.03. The van der Waals surface area contributed by atoms with Gasteiger partial charge in [-0.1, -0.05) is 0 Å². The zero-order valence-electron chi connectivity index (χ0n) is 12.2. The van der Waals surface area contributed by atoms with Gasteiger partial charge in [-0.2, -0.15) is 8.42 Å². The van der Waals surface area contributed by atoms with Crippen molar-refractivity contribution < 1.29 is 18.4 Å². The van der Waals surface area contributed by atoms with Gasteiger partial charge in [0.1, 0.15) is 0 Å². The quantitative estimate of drug-likeness (QED) is 0.651. The lowest BCUT2D eigenvalue weighted by Crippen LogP contribution is -2.27. The van der Waals surface area contributed by atoms with E-state index in [9.17, 15) is 13.2 Å². The number of sulfonamides is 1. The number of hydroxylamine groups is 1. The molecule has 1 aromatic carbocycles. The Hall–Kier alpha value is -1.97. The van der Waals surface area contributed by atoms with Gasteiger partial charge in [-0.15, -0.1) is 11.3 Å². The Balaban J connectivity index is 2.36. The van der Waals surface area contributed by atoms with Crippen LogP contribution in [-0.4, -0.2) is 31.6 Å². The number of nitrogens with zero attached hydrogens (tertiary/aromatic N) is 2. The molecule has 2 aromatic rings. The predicted molar refractivity (Wildman–Crippen MR) is 82.9 cm³/mol. The Kier molecular flexibility index (Phi) is 4.50. The van der Waals surface area contributed by atoms with E-state index >= 15 is 0 Å². The van der Waals surface area contributed by atoms with Crippen LogP contribution in [0.15, 0.2) is 29.3 Å². The normalized spacial score (nSPS) is 11.3. The van der Waals surface area contributed by atoms with Gasteiger partial charge in [0.25, 0.3) is 15.9 Å². The molecule has 7 nitrogen and oxygen atoms in total. The molecule has 118 valence electrons. The van der Waals surface area contributed by atoms with Gasteiger partial charge >= 0.3 is 0 Å². The van der Waals surface area contributed by atoms with E-state index in [1.54, 1.807) is 13.8 Å². The van der Waals surface area contributed by atoms with Gasteiger partial charge in [-0.3, -0.25) is 14.3 Å². The summed E-state index contributed by atoms with van der Waals surface area (Å²) in [5.74, 6) is -0.664. The number of aromatic nitrogens is 1. The van der Waals surface area contributed by atoms with E-state index in [0.29, 0.717) is 15.6 Å². The van der Waals surface area contributed by atoms with Crippen molar-refractivity contribution >= 4 is 33.0 Å². The molecule has 0 spiro atoms.